The van der Waals surface area contributed by atoms with Crippen molar-refractivity contribution < 1.29 is 4.58 Å². The molecule has 4 aliphatic rings. The summed E-state index contributed by atoms with van der Waals surface area (Å²) in [5.41, 5.74) is 5.00. The van der Waals surface area contributed by atoms with Gasteiger partial charge in [0.1, 0.15) is 13.1 Å². The number of hydrogen-bond donors (Lipinski definition) is 0. The van der Waals surface area contributed by atoms with Crippen LogP contribution in [0.15, 0.2) is 22.3 Å². The van der Waals surface area contributed by atoms with E-state index in [2.05, 4.69) is 21.8 Å². The third-order valence-corrected chi connectivity index (χ3v) is 6.85. The minimum absolute atomic E-state index is 0.833. The fourth-order valence-corrected chi connectivity index (χ4v) is 5.70. The highest BCUT2D eigenvalue weighted by molar-refractivity contribution is 8.03. The number of thioether (sulfide) groups is 1. The van der Waals surface area contributed by atoms with E-state index in [9.17, 15) is 0 Å². The molecule has 0 radical (unpaired) electrons. The lowest BCUT2D eigenvalue weighted by Gasteiger charge is -2.33. The molecule has 2 saturated heterocycles. The van der Waals surface area contributed by atoms with Crippen molar-refractivity contribution in [3.8, 4) is 0 Å². The van der Waals surface area contributed by atoms with E-state index in [1.165, 1.54) is 77.5 Å². The van der Waals surface area contributed by atoms with Gasteiger partial charge in [-0.2, -0.15) is 0 Å². The fourth-order valence-electron chi connectivity index (χ4n) is 4.77. The van der Waals surface area contributed by atoms with Crippen LogP contribution in [0.3, 0.4) is 0 Å². The molecule has 0 N–H and O–H groups in total. The SMILES string of the molecule is CSC1=C2C=C(N3CCCC3)CCC2CCC1=[N+]1CCCC1. The molecule has 1 unspecified atom stereocenters. The fraction of sp³-hybridized carbons (Fsp3) is 0.737. The molecule has 0 amide bonds. The molecule has 0 spiro atoms. The lowest BCUT2D eigenvalue weighted by Crippen LogP contribution is -2.29. The summed E-state index contributed by atoms with van der Waals surface area (Å²) in [6.45, 7) is 5.17. The normalized spacial score (nSPS) is 29.2. The van der Waals surface area contributed by atoms with E-state index >= 15 is 0 Å². The summed E-state index contributed by atoms with van der Waals surface area (Å²) in [5.74, 6) is 0.833. The van der Waals surface area contributed by atoms with Crippen LogP contribution in [0.1, 0.15) is 51.4 Å². The molecule has 3 heteroatoms. The van der Waals surface area contributed by atoms with Gasteiger partial charge in [0.15, 0.2) is 5.71 Å². The van der Waals surface area contributed by atoms with E-state index in [0.29, 0.717) is 0 Å². The summed E-state index contributed by atoms with van der Waals surface area (Å²) in [7, 11) is 0. The lowest BCUT2D eigenvalue weighted by atomic mass is 9.79. The summed E-state index contributed by atoms with van der Waals surface area (Å²) >= 11 is 2.01. The Bertz CT molecular complexity index is 530. The maximum absolute atomic E-state index is 2.69. The molecule has 1 atom stereocenters. The van der Waals surface area contributed by atoms with Gasteiger partial charge in [0.2, 0.25) is 0 Å². The molecule has 0 bridgehead atoms. The van der Waals surface area contributed by atoms with Crippen molar-refractivity contribution in [2.75, 3.05) is 32.4 Å². The van der Waals surface area contributed by atoms with Gasteiger partial charge in [-0.1, -0.05) is 0 Å². The van der Waals surface area contributed by atoms with E-state index in [1.54, 1.807) is 21.9 Å². The zero-order chi connectivity index (χ0) is 14.9. The lowest BCUT2D eigenvalue weighted by molar-refractivity contribution is -0.506. The Hall–Kier alpha value is -0.700. The molecule has 2 aliphatic carbocycles. The largest absolute Gasteiger partial charge is 0.375 e. The van der Waals surface area contributed by atoms with Crippen molar-refractivity contribution in [3.63, 3.8) is 0 Å². The first-order valence-electron chi connectivity index (χ1n) is 9.21. The van der Waals surface area contributed by atoms with Gasteiger partial charge >= 0.3 is 0 Å². The summed E-state index contributed by atoms with van der Waals surface area (Å²) < 4.78 is 2.69. The number of nitrogens with zero attached hydrogens (tertiary/aromatic N) is 2. The Morgan fingerprint density at radius 2 is 1.77 bits per heavy atom. The molecule has 0 aromatic heterocycles. The first-order chi connectivity index (χ1) is 10.9. The zero-order valence-electron chi connectivity index (χ0n) is 13.9. The topological polar surface area (TPSA) is 6.25 Å². The second-order valence-corrected chi connectivity index (χ2v) is 8.05. The predicted molar refractivity (Wildman–Crippen MR) is 95.6 cm³/mol. The Morgan fingerprint density at radius 3 is 2.50 bits per heavy atom. The molecule has 2 nitrogen and oxygen atoms in total. The van der Waals surface area contributed by atoms with Crippen LogP contribution in [0, 0.1) is 5.92 Å². The van der Waals surface area contributed by atoms with Crippen LogP contribution in [0.2, 0.25) is 0 Å². The predicted octanol–water partition coefficient (Wildman–Crippen LogP) is 4.03. The van der Waals surface area contributed by atoms with Gasteiger partial charge in [-0.3, -0.25) is 0 Å². The Labute approximate surface area is 139 Å². The average molecular weight is 318 g/mol. The van der Waals surface area contributed by atoms with Gasteiger partial charge in [0.25, 0.3) is 0 Å². The smallest absolute Gasteiger partial charge is 0.190 e. The van der Waals surface area contributed by atoms with E-state index < -0.39 is 0 Å². The molecule has 22 heavy (non-hydrogen) atoms. The van der Waals surface area contributed by atoms with Gasteiger partial charge in [-0.25, -0.2) is 4.58 Å². The number of rotatable bonds is 2. The molecule has 4 rings (SSSR count). The molecular formula is C19H29N2S+. The van der Waals surface area contributed by atoms with Crippen molar-refractivity contribution in [1.29, 1.82) is 0 Å². The van der Waals surface area contributed by atoms with Crippen LogP contribution < -0.4 is 0 Å². The second-order valence-electron chi connectivity index (χ2n) is 7.23. The molecule has 2 fully saturated rings. The average Bonchev–Trinajstić information content (AvgIpc) is 3.26. The van der Waals surface area contributed by atoms with E-state index in [-0.39, 0.29) is 0 Å². The molecule has 120 valence electrons. The van der Waals surface area contributed by atoms with Crippen molar-refractivity contribution in [2.24, 2.45) is 5.92 Å². The van der Waals surface area contributed by atoms with Crippen LogP contribution >= 0.6 is 11.8 Å². The number of fused-ring (bicyclic) bond motifs is 1. The van der Waals surface area contributed by atoms with Crippen LogP contribution in [0.4, 0.5) is 0 Å². The second kappa shape index (κ2) is 6.43. The standard InChI is InChI=1S/C19H29N2S/c1-22-19-17-14-16(20-10-2-3-11-20)8-6-15(17)7-9-18(19)21-12-4-5-13-21/h14-15H,2-13H2,1H3/q+1. The van der Waals surface area contributed by atoms with E-state index in [4.69, 9.17) is 0 Å². The van der Waals surface area contributed by atoms with Gasteiger partial charge in [0, 0.05) is 38.0 Å². The summed E-state index contributed by atoms with van der Waals surface area (Å²) in [4.78, 5) is 4.29. The van der Waals surface area contributed by atoms with Crippen LogP contribution in [0.5, 0.6) is 0 Å². The molecule has 2 heterocycles. The number of allylic oxidation sites excluding steroid dienone is 4. The quantitative estimate of drug-likeness (QED) is 0.709. The number of hydrogen-bond acceptors (Lipinski definition) is 2. The third kappa shape index (κ3) is 2.66. The summed E-state index contributed by atoms with van der Waals surface area (Å²) in [6, 6.07) is 0. The Morgan fingerprint density at radius 1 is 1.05 bits per heavy atom. The van der Waals surface area contributed by atoms with E-state index in [1.807, 2.05) is 11.8 Å². The maximum Gasteiger partial charge on any atom is 0.190 e. The van der Waals surface area contributed by atoms with Gasteiger partial charge in [0.05, 0.1) is 4.91 Å². The Kier molecular flexibility index (Phi) is 4.34. The van der Waals surface area contributed by atoms with Crippen LogP contribution in [-0.4, -0.2) is 47.6 Å². The monoisotopic (exact) mass is 317 g/mol. The summed E-state index contributed by atoms with van der Waals surface area (Å²) in [6.07, 6.45) is 15.8. The molecule has 2 aliphatic heterocycles. The molecule has 0 aromatic carbocycles. The van der Waals surface area contributed by atoms with Crippen LogP contribution in [0.25, 0.3) is 0 Å². The molecular weight excluding hydrogens is 288 g/mol. The first kappa shape index (κ1) is 14.9. The first-order valence-corrected chi connectivity index (χ1v) is 10.4. The highest BCUT2D eigenvalue weighted by Gasteiger charge is 2.34. The minimum atomic E-state index is 0.833. The molecule has 0 aromatic rings. The maximum atomic E-state index is 2.69. The Balaban J connectivity index is 1.72. The van der Waals surface area contributed by atoms with Crippen molar-refractivity contribution >= 4 is 17.5 Å². The third-order valence-electron chi connectivity index (χ3n) is 5.97. The number of likely N-dealkylation sites (tertiary alicyclic amines) is 1. The van der Waals surface area contributed by atoms with Gasteiger partial charge < -0.3 is 4.90 Å². The van der Waals surface area contributed by atoms with E-state index in [0.717, 1.165) is 5.92 Å². The van der Waals surface area contributed by atoms with Crippen molar-refractivity contribution in [3.05, 3.63) is 22.3 Å². The van der Waals surface area contributed by atoms with Gasteiger partial charge in [-0.05, 0) is 55.9 Å². The minimum Gasteiger partial charge on any atom is -0.375 e. The zero-order valence-corrected chi connectivity index (χ0v) is 14.8. The summed E-state index contributed by atoms with van der Waals surface area (Å²) in [5, 5.41) is 0. The highest BCUT2D eigenvalue weighted by atomic mass is 32.2. The van der Waals surface area contributed by atoms with Gasteiger partial charge in [-0.15, -0.1) is 11.8 Å². The van der Waals surface area contributed by atoms with Crippen molar-refractivity contribution in [1.82, 2.24) is 4.90 Å². The van der Waals surface area contributed by atoms with Crippen LogP contribution in [-0.2, 0) is 0 Å². The molecule has 0 saturated carbocycles. The van der Waals surface area contributed by atoms with Crippen molar-refractivity contribution in [2.45, 2.75) is 51.4 Å². The highest BCUT2D eigenvalue weighted by Crippen LogP contribution is 2.42.